The summed E-state index contributed by atoms with van der Waals surface area (Å²) in [6.45, 7) is 15.6. The summed E-state index contributed by atoms with van der Waals surface area (Å²) in [7, 11) is 0. The second kappa shape index (κ2) is 8.10. The van der Waals surface area contributed by atoms with E-state index in [1.165, 1.54) is 5.06 Å². The lowest BCUT2D eigenvalue weighted by atomic mass is 9.96. The van der Waals surface area contributed by atoms with Gasteiger partial charge in [-0.05, 0) is 6.42 Å². The molecule has 2 aliphatic heterocycles. The molecular formula is C14H31NO3. The molecule has 110 valence electrons. The second-order valence-corrected chi connectivity index (χ2v) is 5.27. The first kappa shape index (κ1) is 17.8. The minimum Gasteiger partial charge on any atom is -0.378 e. The normalized spacial score (nSPS) is 30.8. The van der Waals surface area contributed by atoms with E-state index in [0.717, 1.165) is 13.0 Å². The van der Waals surface area contributed by atoms with Gasteiger partial charge in [0.05, 0.1) is 26.4 Å². The van der Waals surface area contributed by atoms with Gasteiger partial charge in [0.2, 0.25) is 0 Å². The van der Waals surface area contributed by atoms with Crippen LogP contribution in [0.1, 0.15) is 48.0 Å². The van der Waals surface area contributed by atoms with Crippen LogP contribution in [0.5, 0.6) is 0 Å². The molecular weight excluding hydrogens is 230 g/mol. The Morgan fingerprint density at radius 2 is 1.61 bits per heavy atom. The molecule has 0 aromatic carbocycles. The maximum absolute atomic E-state index is 9.37. The molecule has 2 rings (SSSR count). The van der Waals surface area contributed by atoms with Crippen molar-refractivity contribution in [1.82, 2.24) is 5.06 Å². The molecule has 2 saturated heterocycles. The number of hydrogen-bond acceptors (Lipinski definition) is 4. The molecule has 1 atom stereocenters. The fourth-order valence-corrected chi connectivity index (χ4v) is 2.00. The van der Waals surface area contributed by atoms with Gasteiger partial charge in [-0.3, -0.25) is 0 Å². The second-order valence-electron chi connectivity index (χ2n) is 5.27. The zero-order valence-corrected chi connectivity index (χ0v) is 13.0. The highest BCUT2D eigenvalue weighted by molar-refractivity contribution is 4.91. The van der Waals surface area contributed by atoms with Gasteiger partial charge in [-0.15, -0.1) is 0 Å². The zero-order chi connectivity index (χ0) is 14.2. The Bertz CT molecular complexity index is 221. The molecule has 1 spiro atoms. The summed E-state index contributed by atoms with van der Waals surface area (Å²) in [6.07, 6.45) is 0.861. The highest BCUT2D eigenvalue weighted by Gasteiger charge is 2.42. The van der Waals surface area contributed by atoms with E-state index in [9.17, 15) is 5.21 Å². The van der Waals surface area contributed by atoms with E-state index in [4.69, 9.17) is 9.47 Å². The topological polar surface area (TPSA) is 41.9 Å². The largest absolute Gasteiger partial charge is 0.378 e. The van der Waals surface area contributed by atoms with E-state index in [0.29, 0.717) is 26.3 Å². The van der Waals surface area contributed by atoms with Crippen molar-refractivity contribution in [3.05, 3.63) is 0 Å². The Labute approximate surface area is 112 Å². The number of nitrogens with zero attached hydrogens (tertiary/aromatic N) is 1. The van der Waals surface area contributed by atoms with Gasteiger partial charge < -0.3 is 14.7 Å². The van der Waals surface area contributed by atoms with E-state index in [1.54, 1.807) is 0 Å². The molecule has 1 N–H and O–H groups in total. The molecule has 1 unspecified atom stereocenters. The molecule has 2 aliphatic rings. The van der Waals surface area contributed by atoms with Gasteiger partial charge in [0, 0.05) is 12.0 Å². The average Bonchev–Trinajstić information content (AvgIpc) is 2.66. The summed E-state index contributed by atoms with van der Waals surface area (Å²) < 4.78 is 11.5. The van der Waals surface area contributed by atoms with Crippen molar-refractivity contribution < 1.29 is 14.7 Å². The first-order valence-corrected chi connectivity index (χ1v) is 7.17. The number of hydroxylamine groups is 2. The molecule has 4 heteroatoms. The Hall–Kier alpha value is -0.160. The van der Waals surface area contributed by atoms with E-state index in [-0.39, 0.29) is 11.0 Å². The van der Waals surface area contributed by atoms with Crippen LogP contribution in [0.15, 0.2) is 0 Å². The van der Waals surface area contributed by atoms with Crippen molar-refractivity contribution in [1.29, 1.82) is 0 Å². The maximum Gasteiger partial charge on any atom is 0.108 e. The van der Waals surface area contributed by atoms with Gasteiger partial charge in [0.25, 0.3) is 0 Å². The third kappa shape index (κ3) is 5.22. The first-order chi connectivity index (χ1) is 8.52. The van der Waals surface area contributed by atoms with Gasteiger partial charge in [-0.2, -0.15) is 5.06 Å². The summed E-state index contributed by atoms with van der Waals surface area (Å²) in [5.74, 6) is 0. The van der Waals surface area contributed by atoms with E-state index in [1.807, 2.05) is 27.7 Å². The number of hydrogen-bond donors (Lipinski definition) is 1. The molecule has 18 heavy (non-hydrogen) atoms. The van der Waals surface area contributed by atoms with E-state index in [2.05, 4.69) is 13.8 Å². The van der Waals surface area contributed by atoms with Gasteiger partial charge in [-0.25, -0.2) is 0 Å². The van der Waals surface area contributed by atoms with Crippen LogP contribution in [0.25, 0.3) is 0 Å². The van der Waals surface area contributed by atoms with Gasteiger partial charge in [0.1, 0.15) is 5.60 Å². The van der Waals surface area contributed by atoms with E-state index >= 15 is 0 Å². The fourth-order valence-electron chi connectivity index (χ4n) is 2.00. The third-order valence-corrected chi connectivity index (χ3v) is 2.92. The van der Waals surface area contributed by atoms with Crippen LogP contribution in [0.4, 0.5) is 0 Å². The monoisotopic (exact) mass is 261 g/mol. The summed E-state index contributed by atoms with van der Waals surface area (Å²) >= 11 is 0. The summed E-state index contributed by atoms with van der Waals surface area (Å²) in [5.41, 5.74) is -0.172. The number of rotatable bonds is 0. The highest BCUT2D eigenvalue weighted by atomic mass is 16.6. The Morgan fingerprint density at radius 3 is 2.11 bits per heavy atom. The highest BCUT2D eigenvalue weighted by Crippen LogP contribution is 2.31. The van der Waals surface area contributed by atoms with Crippen LogP contribution in [0.2, 0.25) is 0 Å². The summed E-state index contributed by atoms with van der Waals surface area (Å²) in [4.78, 5) is 0. The van der Waals surface area contributed by atoms with Crippen LogP contribution in [0.3, 0.4) is 0 Å². The van der Waals surface area contributed by atoms with Gasteiger partial charge >= 0.3 is 0 Å². The van der Waals surface area contributed by atoms with Crippen molar-refractivity contribution in [2.45, 2.75) is 53.6 Å². The van der Waals surface area contributed by atoms with Crippen LogP contribution >= 0.6 is 0 Å². The fraction of sp³-hybridized carbons (Fsp3) is 1.00. The SMILES string of the molecule is CC.CC.CC1(C)COCC2(CCN(O)C2)OC1. The molecule has 0 aromatic heterocycles. The van der Waals surface area contributed by atoms with Gasteiger partial charge in [0.15, 0.2) is 0 Å². The van der Waals surface area contributed by atoms with Crippen LogP contribution in [-0.4, -0.2) is 48.8 Å². The average molecular weight is 261 g/mol. The smallest absolute Gasteiger partial charge is 0.108 e. The molecule has 0 saturated carbocycles. The molecule has 0 amide bonds. The minimum absolute atomic E-state index is 0.0897. The first-order valence-electron chi connectivity index (χ1n) is 7.17. The maximum atomic E-state index is 9.37. The lowest BCUT2D eigenvalue weighted by Gasteiger charge is -2.27. The lowest BCUT2D eigenvalue weighted by molar-refractivity contribution is -0.117. The summed E-state index contributed by atoms with van der Waals surface area (Å²) in [6, 6.07) is 0. The molecule has 0 aromatic rings. The standard InChI is InChI=1S/C10H19NO3.2C2H6/c1-9(2)6-13-8-10(14-7-9)3-4-11(12)5-10;2*1-2/h12H,3-8H2,1-2H3;2*1-2H3. The molecule has 0 bridgehead atoms. The molecule has 2 heterocycles. The predicted octanol–water partition coefficient (Wildman–Crippen LogP) is 2.95. The quantitative estimate of drug-likeness (QED) is 0.728. The van der Waals surface area contributed by atoms with Crippen molar-refractivity contribution >= 4 is 0 Å². The summed E-state index contributed by atoms with van der Waals surface area (Å²) in [5, 5.41) is 10.7. The van der Waals surface area contributed by atoms with Crippen molar-refractivity contribution in [3.8, 4) is 0 Å². The van der Waals surface area contributed by atoms with Crippen molar-refractivity contribution in [3.63, 3.8) is 0 Å². The lowest BCUT2D eigenvalue weighted by Crippen LogP contribution is -2.39. The molecule has 2 fully saturated rings. The van der Waals surface area contributed by atoms with Crippen molar-refractivity contribution in [2.24, 2.45) is 5.41 Å². The molecule has 0 aliphatic carbocycles. The van der Waals surface area contributed by atoms with Gasteiger partial charge in [-0.1, -0.05) is 41.5 Å². The van der Waals surface area contributed by atoms with Crippen LogP contribution in [0, 0.1) is 5.41 Å². The van der Waals surface area contributed by atoms with Crippen LogP contribution in [-0.2, 0) is 9.47 Å². The molecule has 4 nitrogen and oxygen atoms in total. The Kier molecular flexibility index (Phi) is 8.03. The van der Waals surface area contributed by atoms with Crippen LogP contribution < -0.4 is 0 Å². The Morgan fingerprint density at radius 1 is 1.00 bits per heavy atom. The zero-order valence-electron chi connectivity index (χ0n) is 13.0. The molecule has 0 radical (unpaired) electrons. The Balaban J connectivity index is 0.000000659. The third-order valence-electron chi connectivity index (χ3n) is 2.92. The number of ether oxygens (including phenoxy) is 2. The predicted molar refractivity (Wildman–Crippen MR) is 74.0 cm³/mol. The van der Waals surface area contributed by atoms with Crippen molar-refractivity contribution in [2.75, 3.05) is 32.9 Å². The minimum atomic E-state index is -0.261. The van der Waals surface area contributed by atoms with E-state index < -0.39 is 0 Å².